The monoisotopic (exact) mass is 850 g/mol. The van der Waals surface area contributed by atoms with Crippen LogP contribution in [0.15, 0.2) is 97.1 Å². The molecular weight excluding hydrogens is 801 g/mol. The molecule has 4 heterocycles. The molecule has 4 amide bonds. The molecule has 0 fully saturated rings. The summed E-state index contributed by atoms with van der Waals surface area (Å²) < 4.78 is 0. The van der Waals surface area contributed by atoms with Crippen molar-refractivity contribution in [3.63, 3.8) is 0 Å². The summed E-state index contributed by atoms with van der Waals surface area (Å²) in [6, 6.07) is 31.6. The van der Waals surface area contributed by atoms with Crippen LogP contribution in [0.1, 0.15) is 52.6 Å². The summed E-state index contributed by atoms with van der Waals surface area (Å²) >= 11 is 0. The van der Waals surface area contributed by atoms with Crippen molar-refractivity contribution in [3.8, 4) is 0 Å². The van der Waals surface area contributed by atoms with Gasteiger partial charge < -0.3 is 20.4 Å². The molecule has 12 nitrogen and oxygen atoms in total. The quantitative estimate of drug-likeness (QED) is 0.0499. The molecule has 322 valence electrons. The minimum atomic E-state index is -0.266. The molecule has 0 aliphatic carbocycles. The minimum Gasteiger partial charge on any atom is -0.315 e. The van der Waals surface area contributed by atoms with Gasteiger partial charge in [-0.1, -0.05) is 60.7 Å². The van der Waals surface area contributed by atoms with Gasteiger partial charge in [0.15, 0.2) is 0 Å². The molecule has 8 aromatic rings. The Morgan fingerprint density at radius 1 is 0.453 bits per heavy atom. The summed E-state index contributed by atoms with van der Waals surface area (Å²) in [5.41, 5.74) is 7.75. The van der Waals surface area contributed by atoms with Crippen LogP contribution in [-0.4, -0.2) is 134 Å². The highest BCUT2D eigenvalue weighted by atomic mass is 16.2. The van der Waals surface area contributed by atoms with Gasteiger partial charge in [-0.15, -0.1) is 0 Å². The molecular formula is C52H50N8O4. The van der Waals surface area contributed by atoms with Crippen LogP contribution in [-0.2, 0) is 12.8 Å². The van der Waals surface area contributed by atoms with Crippen LogP contribution in [0.5, 0.6) is 0 Å². The van der Waals surface area contributed by atoms with Gasteiger partial charge in [-0.3, -0.25) is 29.0 Å². The van der Waals surface area contributed by atoms with Gasteiger partial charge in [0.1, 0.15) is 0 Å². The fourth-order valence-corrected chi connectivity index (χ4v) is 9.68. The van der Waals surface area contributed by atoms with E-state index >= 15 is 0 Å². The Morgan fingerprint density at radius 2 is 0.844 bits per heavy atom. The molecule has 64 heavy (non-hydrogen) atoms. The number of pyridine rings is 2. The van der Waals surface area contributed by atoms with Crippen molar-refractivity contribution < 1.29 is 19.2 Å². The first-order chi connectivity index (χ1) is 31.1. The lowest BCUT2D eigenvalue weighted by atomic mass is 9.89. The summed E-state index contributed by atoms with van der Waals surface area (Å²) in [6.45, 7) is 4.67. The van der Waals surface area contributed by atoms with E-state index in [0.29, 0.717) is 85.1 Å². The van der Waals surface area contributed by atoms with Crippen molar-refractivity contribution in [2.45, 2.75) is 12.8 Å². The van der Waals surface area contributed by atoms with E-state index in [2.05, 4.69) is 22.8 Å². The number of nitrogens with zero attached hydrogens (tertiary/aromatic N) is 6. The van der Waals surface area contributed by atoms with Crippen molar-refractivity contribution in [1.82, 2.24) is 40.2 Å². The second-order valence-corrected chi connectivity index (χ2v) is 17.4. The van der Waals surface area contributed by atoms with Crippen LogP contribution in [0.4, 0.5) is 0 Å². The zero-order valence-corrected chi connectivity index (χ0v) is 36.6. The van der Waals surface area contributed by atoms with Crippen LogP contribution in [0.2, 0.25) is 0 Å². The van der Waals surface area contributed by atoms with E-state index < -0.39 is 0 Å². The van der Waals surface area contributed by atoms with Gasteiger partial charge in [-0.05, 0) is 102 Å². The summed E-state index contributed by atoms with van der Waals surface area (Å²) in [5, 5.41) is 14.2. The standard InChI is InChI=1S/C52H50N8O4/c1-57(2)25-27-59-49(61)37-15-9-13-35-45(37)41(51(59)63)29-39-31(33-11-5-7-17-43(33)55-47(35)39)19-21-53-23-24-54-22-20-32-34-12-6-8-18-44(34)56-48-36-14-10-16-38-46(36)42(30-40(32)48)52(64)60(50(38)62)28-26-58(3)4/h5-18,29-30,53-54H,19-28H2,1-4H3. The molecule has 0 unspecified atom stereocenters. The minimum absolute atomic E-state index is 0.264. The maximum Gasteiger partial charge on any atom is 0.261 e. The molecule has 0 atom stereocenters. The number of amides is 4. The smallest absolute Gasteiger partial charge is 0.261 e. The highest BCUT2D eigenvalue weighted by Gasteiger charge is 2.35. The third-order valence-electron chi connectivity index (χ3n) is 12.9. The summed E-state index contributed by atoms with van der Waals surface area (Å²) in [7, 11) is 7.73. The Balaban J connectivity index is 0.877. The first-order valence-electron chi connectivity index (χ1n) is 22.1. The van der Waals surface area contributed by atoms with E-state index in [-0.39, 0.29) is 23.6 Å². The van der Waals surface area contributed by atoms with Gasteiger partial charge in [0.2, 0.25) is 0 Å². The molecule has 0 radical (unpaired) electrons. The highest BCUT2D eigenvalue weighted by molar-refractivity contribution is 6.31. The number of likely N-dealkylation sites (N-methyl/N-ethyl adjacent to an activating group) is 2. The lowest BCUT2D eigenvalue weighted by molar-refractivity contribution is 0.0585. The van der Waals surface area contributed by atoms with Crippen LogP contribution in [0.3, 0.4) is 0 Å². The average molecular weight is 851 g/mol. The van der Waals surface area contributed by atoms with Crippen molar-refractivity contribution >= 4 is 88.8 Å². The summed E-state index contributed by atoms with van der Waals surface area (Å²) in [4.78, 5) is 72.3. The maximum absolute atomic E-state index is 14.0. The second kappa shape index (κ2) is 16.8. The van der Waals surface area contributed by atoms with Gasteiger partial charge in [0.05, 0.1) is 22.1 Å². The van der Waals surface area contributed by atoms with Gasteiger partial charge in [0.25, 0.3) is 23.6 Å². The summed E-state index contributed by atoms with van der Waals surface area (Å²) in [5.74, 6) is -1.06. The second-order valence-electron chi connectivity index (χ2n) is 17.4. The molecule has 2 N–H and O–H groups in total. The molecule has 10 rings (SSSR count). The Bertz CT molecular complexity index is 3040. The third kappa shape index (κ3) is 7.03. The first kappa shape index (κ1) is 41.3. The normalized spacial score (nSPS) is 14.1. The van der Waals surface area contributed by atoms with Crippen LogP contribution in [0.25, 0.3) is 65.2 Å². The number of fused-ring (bicyclic) bond motifs is 6. The number of imide groups is 2. The number of aromatic nitrogens is 2. The largest absolute Gasteiger partial charge is 0.315 e. The van der Waals surface area contributed by atoms with Gasteiger partial charge in [-0.25, -0.2) is 9.97 Å². The predicted molar refractivity (Wildman–Crippen MR) is 254 cm³/mol. The number of nitrogens with one attached hydrogen (secondary N) is 2. The van der Waals surface area contributed by atoms with Gasteiger partial charge in [0, 0.05) is 105 Å². The van der Waals surface area contributed by atoms with Crippen LogP contribution in [0, 0.1) is 0 Å². The van der Waals surface area contributed by atoms with E-state index in [1.54, 1.807) is 0 Å². The Kier molecular flexibility index (Phi) is 10.8. The number of carbonyl (C=O) groups excluding carboxylic acids is 4. The predicted octanol–water partition coefficient (Wildman–Crippen LogP) is 6.68. The van der Waals surface area contributed by atoms with E-state index in [1.807, 2.05) is 123 Å². The molecule has 2 aliphatic heterocycles. The fraction of sp³-hybridized carbons (Fsp3) is 0.269. The number of para-hydroxylation sites is 2. The van der Waals surface area contributed by atoms with E-state index in [4.69, 9.17) is 9.97 Å². The van der Waals surface area contributed by atoms with Crippen molar-refractivity contribution in [2.24, 2.45) is 0 Å². The average Bonchev–Trinajstić information content (AvgIpc) is 3.29. The molecule has 6 aromatic carbocycles. The van der Waals surface area contributed by atoms with Crippen molar-refractivity contribution in [1.29, 1.82) is 0 Å². The maximum atomic E-state index is 14.0. The number of benzene rings is 6. The number of carbonyl (C=O) groups is 4. The van der Waals surface area contributed by atoms with E-state index in [0.717, 1.165) is 78.6 Å². The Hall–Kier alpha value is -6.70. The molecule has 2 aliphatic rings. The topological polar surface area (TPSA) is 131 Å². The SMILES string of the molecule is CN(C)CCN1C(=O)c2cccc3c2c(cc2c(CCNCCNCCc4c5ccccc5nc5c4cc4c6c(cccc65)C(=O)N(CCN(C)C)C4=O)c4ccccc4nc23)C1=O. The van der Waals surface area contributed by atoms with E-state index in [9.17, 15) is 19.2 Å². The molecule has 0 spiro atoms. The van der Waals surface area contributed by atoms with Crippen molar-refractivity contribution in [3.05, 3.63) is 130 Å². The Morgan fingerprint density at radius 3 is 1.27 bits per heavy atom. The number of hydrogen-bond acceptors (Lipinski definition) is 10. The summed E-state index contributed by atoms with van der Waals surface area (Å²) in [6.07, 6.45) is 1.43. The Labute approximate surface area is 370 Å². The van der Waals surface area contributed by atoms with Crippen molar-refractivity contribution in [2.75, 3.05) is 80.5 Å². The molecule has 0 bridgehead atoms. The van der Waals surface area contributed by atoms with E-state index in [1.165, 1.54) is 9.80 Å². The van der Waals surface area contributed by atoms with Gasteiger partial charge in [-0.2, -0.15) is 0 Å². The zero-order valence-electron chi connectivity index (χ0n) is 36.6. The number of hydrogen-bond donors (Lipinski definition) is 2. The lowest BCUT2D eigenvalue weighted by Gasteiger charge is -2.29. The molecule has 0 saturated heterocycles. The van der Waals surface area contributed by atoms with Crippen LogP contribution < -0.4 is 10.6 Å². The highest BCUT2D eigenvalue weighted by Crippen LogP contribution is 2.40. The lowest BCUT2D eigenvalue weighted by Crippen LogP contribution is -2.43. The molecule has 0 saturated carbocycles. The third-order valence-corrected chi connectivity index (χ3v) is 12.9. The molecule has 12 heteroatoms. The zero-order chi connectivity index (χ0) is 44.2. The first-order valence-corrected chi connectivity index (χ1v) is 22.1. The fourth-order valence-electron chi connectivity index (χ4n) is 9.68. The molecule has 2 aromatic heterocycles. The number of rotatable bonds is 15. The van der Waals surface area contributed by atoms with Crippen LogP contribution >= 0.6 is 0 Å². The van der Waals surface area contributed by atoms with Gasteiger partial charge >= 0.3 is 0 Å².